The predicted molar refractivity (Wildman–Crippen MR) is 184 cm³/mol. The molecule has 6 nitrogen and oxygen atoms in total. The Kier molecular flexibility index (Phi) is 8.45. The summed E-state index contributed by atoms with van der Waals surface area (Å²) in [6.45, 7) is 20.5. The molecule has 0 aliphatic heterocycles. The number of hydrogen-bond donors (Lipinski definition) is 3. The highest BCUT2D eigenvalue weighted by molar-refractivity contribution is 5.88. The number of carbonyl (C=O) groups is 2. The number of amides is 1. The quantitative estimate of drug-likeness (QED) is 0.199. The third-order valence-corrected chi connectivity index (χ3v) is 15.1. The molecule has 9 atom stereocenters. The van der Waals surface area contributed by atoms with E-state index in [1.165, 1.54) is 55.2 Å². The molecule has 0 heterocycles. The molecule has 252 valence electrons. The van der Waals surface area contributed by atoms with Crippen LogP contribution in [-0.4, -0.2) is 37.2 Å². The van der Waals surface area contributed by atoms with E-state index in [1.807, 2.05) is 12.1 Å². The first kappa shape index (κ1) is 33.5. The summed E-state index contributed by atoms with van der Waals surface area (Å²) in [7, 11) is 1.78. The van der Waals surface area contributed by atoms with Crippen molar-refractivity contribution in [2.24, 2.45) is 56.7 Å². The minimum atomic E-state index is -0.873. The van der Waals surface area contributed by atoms with Crippen molar-refractivity contribution >= 4 is 17.4 Å². The molecule has 46 heavy (non-hydrogen) atoms. The van der Waals surface area contributed by atoms with Gasteiger partial charge in [-0.25, -0.2) is 10.3 Å². The van der Waals surface area contributed by atoms with Crippen LogP contribution in [0.2, 0.25) is 0 Å². The lowest BCUT2D eigenvalue weighted by molar-refractivity contribution is -0.231. The monoisotopic (exact) mass is 630 g/mol. The van der Waals surface area contributed by atoms with Gasteiger partial charge in [0.25, 0.3) is 5.91 Å². The largest absolute Gasteiger partial charge is 0.478 e. The number of allylic oxidation sites excluding steroid dienone is 3. The summed E-state index contributed by atoms with van der Waals surface area (Å²) < 4.78 is 0. The maximum Gasteiger partial charge on any atom is 0.335 e. The maximum absolute atomic E-state index is 12.2. The van der Waals surface area contributed by atoms with Crippen molar-refractivity contribution in [2.75, 3.05) is 20.2 Å². The van der Waals surface area contributed by atoms with Crippen LogP contribution in [0.4, 0.5) is 0 Å². The van der Waals surface area contributed by atoms with E-state index in [-0.39, 0.29) is 39.5 Å². The van der Waals surface area contributed by atoms with Crippen molar-refractivity contribution in [2.45, 2.75) is 99.3 Å². The van der Waals surface area contributed by atoms with E-state index in [1.54, 1.807) is 19.2 Å². The number of carboxylic acids is 1. The molecule has 5 aliphatic rings. The summed E-state index contributed by atoms with van der Waals surface area (Å²) in [4.78, 5) is 29.8. The van der Waals surface area contributed by atoms with Crippen LogP contribution >= 0.6 is 0 Å². The number of hydroxylamine groups is 1. The number of carbonyl (C=O) groups excluding carboxylic acids is 1. The molecule has 0 spiro atoms. The smallest absolute Gasteiger partial charge is 0.335 e. The standard InChI is InChI=1S/C40H58N2O4/c1-25(2)28-15-20-40(24-46-42-33(43)23-41-8)22-21-38(6)30(34(28)40)13-14-32-37(5)18-16-29(26-9-11-27(12-10-26)35(44)45)36(3,4)31(37)17-19-39(32,38)7/h9-12,16,28,30-32,34,41H,1,13-15,17-24H2,2-8H3,(H,42,43)(H,44,45)/t28-,30?,31?,32?,34?,37-,38+,39+,40+/m0/s1. The maximum atomic E-state index is 12.2. The normalized spacial score (nSPS) is 40.8. The van der Waals surface area contributed by atoms with E-state index < -0.39 is 5.97 Å². The molecular weight excluding hydrogens is 572 g/mol. The van der Waals surface area contributed by atoms with Gasteiger partial charge in [0, 0.05) is 5.41 Å². The van der Waals surface area contributed by atoms with Gasteiger partial charge in [-0.1, -0.05) is 65.0 Å². The Hall–Kier alpha value is -2.44. The highest BCUT2D eigenvalue weighted by Crippen LogP contribution is 2.77. The zero-order valence-electron chi connectivity index (χ0n) is 29.4. The molecule has 0 saturated heterocycles. The highest BCUT2D eigenvalue weighted by Gasteiger charge is 2.70. The van der Waals surface area contributed by atoms with Crippen LogP contribution in [0.3, 0.4) is 0 Å². The number of nitrogens with one attached hydrogen (secondary N) is 2. The fourth-order valence-electron chi connectivity index (χ4n) is 12.9. The lowest BCUT2D eigenvalue weighted by Gasteiger charge is -2.72. The topological polar surface area (TPSA) is 87.7 Å². The van der Waals surface area contributed by atoms with Gasteiger partial charge in [-0.3, -0.25) is 9.63 Å². The lowest BCUT2D eigenvalue weighted by atomic mass is 9.32. The van der Waals surface area contributed by atoms with Crippen molar-refractivity contribution in [3.05, 3.63) is 53.6 Å². The van der Waals surface area contributed by atoms with Crippen LogP contribution in [0.5, 0.6) is 0 Å². The van der Waals surface area contributed by atoms with Gasteiger partial charge in [0.1, 0.15) is 0 Å². The van der Waals surface area contributed by atoms with Crippen LogP contribution in [0.1, 0.15) is 115 Å². The molecule has 4 unspecified atom stereocenters. The van der Waals surface area contributed by atoms with Crippen molar-refractivity contribution in [1.82, 2.24) is 10.8 Å². The van der Waals surface area contributed by atoms with Crippen LogP contribution in [0.25, 0.3) is 5.57 Å². The summed E-state index contributed by atoms with van der Waals surface area (Å²) in [5.41, 5.74) is 7.75. The molecular formula is C40H58N2O4. The number of benzene rings is 1. The lowest BCUT2D eigenvalue weighted by Crippen LogP contribution is -2.65. The van der Waals surface area contributed by atoms with E-state index in [9.17, 15) is 14.7 Å². The summed E-state index contributed by atoms with van der Waals surface area (Å²) in [6, 6.07) is 7.55. The summed E-state index contributed by atoms with van der Waals surface area (Å²) in [6.07, 6.45) is 13.3. The van der Waals surface area contributed by atoms with Crippen LogP contribution < -0.4 is 10.8 Å². The summed E-state index contributed by atoms with van der Waals surface area (Å²) in [5, 5.41) is 12.4. The van der Waals surface area contributed by atoms with Gasteiger partial charge in [0.2, 0.25) is 0 Å². The Morgan fingerprint density at radius 3 is 2.30 bits per heavy atom. The third kappa shape index (κ3) is 4.86. The average molecular weight is 631 g/mol. The minimum absolute atomic E-state index is 0.00408. The van der Waals surface area contributed by atoms with Crippen molar-refractivity contribution in [3.8, 4) is 0 Å². The van der Waals surface area contributed by atoms with Gasteiger partial charge in [-0.2, -0.15) is 0 Å². The molecule has 5 aliphatic carbocycles. The SMILES string of the molecule is C=C(C)[C@@H]1CC[C@]2(CONC(=O)CNC)CC[C@]3(C)C(CCC4[C@@]5(C)CC=C(c6ccc(C(=O)O)cc6)C(C)(C)C5CC[C@]43C)C12. The van der Waals surface area contributed by atoms with E-state index >= 15 is 0 Å². The highest BCUT2D eigenvalue weighted by atomic mass is 16.7. The fourth-order valence-corrected chi connectivity index (χ4v) is 12.9. The van der Waals surface area contributed by atoms with Crippen LogP contribution in [0.15, 0.2) is 42.5 Å². The van der Waals surface area contributed by atoms with Gasteiger partial charge in [-0.05, 0) is 146 Å². The molecule has 1 aromatic rings. The van der Waals surface area contributed by atoms with E-state index in [0.29, 0.717) is 41.8 Å². The molecule has 1 amide bonds. The van der Waals surface area contributed by atoms with Crippen LogP contribution in [-0.2, 0) is 9.63 Å². The second-order valence-electron chi connectivity index (χ2n) is 17.3. The number of rotatable bonds is 8. The van der Waals surface area contributed by atoms with Crippen LogP contribution in [0, 0.1) is 56.7 Å². The van der Waals surface area contributed by atoms with Crippen molar-refractivity contribution in [1.29, 1.82) is 0 Å². The Morgan fingerprint density at radius 1 is 0.935 bits per heavy atom. The zero-order chi connectivity index (χ0) is 33.3. The number of fused-ring (bicyclic) bond motifs is 7. The number of carboxylic acid groups (broad SMARTS) is 1. The van der Waals surface area contributed by atoms with Crippen molar-refractivity contribution < 1.29 is 19.5 Å². The number of aromatic carboxylic acids is 1. The molecule has 1 aromatic carbocycles. The Balaban J connectivity index is 1.30. The van der Waals surface area contributed by atoms with Crippen molar-refractivity contribution in [3.63, 3.8) is 0 Å². The average Bonchev–Trinajstić information content (AvgIpc) is 3.37. The van der Waals surface area contributed by atoms with E-state index in [4.69, 9.17) is 4.84 Å². The van der Waals surface area contributed by atoms with Gasteiger partial charge >= 0.3 is 5.97 Å². The fraction of sp³-hybridized carbons (Fsp3) is 0.700. The van der Waals surface area contributed by atoms with Gasteiger partial charge in [0.15, 0.2) is 0 Å². The third-order valence-electron chi connectivity index (χ3n) is 15.1. The summed E-state index contributed by atoms with van der Waals surface area (Å²) in [5.74, 6) is 1.91. The molecule has 4 fully saturated rings. The predicted octanol–water partition coefficient (Wildman–Crippen LogP) is 8.30. The minimum Gasteiger partial charge on any atom is -0.478 e. The second-order valence-corrected chi connectivity index (χ2v) is 17.3. The molecule has 0 bridgehead atoms. The van der Waals surface area contributed by atoms with E-state index in [2.05, 4.69) is 65.0 Å². The first-order valence-corrected chi connectivity index (χ1v) is 17.9. The molecule has 3 N–H and O–H groups in total. The molecule has 0 aromatic heterocycles. The molecule has 0 radical (unpaired) electrons. The first-order valence-electron chi connectivity index (χ1n) is 17.9. The summed E-state index contributed by atoms with van der Waals surface area (Å²) >= 11 is 0. The zero-order valence-corrected chi connectivity index (χ0v) is 29.4. The van der Waals surface area contributed by atoms with Gasteiger partial charge in [0.05, 0.1) is 18.7 Å². The van der Waals surface area contributed by atoms with Gasteiger partial charge in [-0.15, -0.1) is 0 Å². The first-order chi connectivity index (χ1) is 21.6. The van der Waals surface area contributed by atoms with Gasteiger partial charge < -0.3 is 10.4 Å². The second kappa shape index (κ2) is 11.6. The molecule has 4 saturated carbocycles. The Morgan fingerprint density at radius 2 is 1.65 bits per heavy atom. The molecule has 6 rings (SSSR count). The Labute approximate surface area is 277 Å². The number of hydrogen-bond acceptors (Lipinski definition) is 4. The number of likely N-dealkylation sites (N-methyl/N-ethyl adjacent to an activating group) is 1. The molecule has 6 heteroatoms. The van der Waals surface area contributed by atoms with E-state index in [0.717, 1.165) is 19.3 Å². The Bertz CT molecular complexity index is 1410.